The summed E-state index contributed by atoms with van der Waals surface area (Å²) in [5.41, 5.74) is 3.24. The molecule has 6 heteroatoms. The average molecular weight is 434 g/mol. The van der Waals surface area contributed by atoms with Crippen LogP contribution in [0.2, 0.25) is 0 Å². The van der Waals surface area contributed by atoms with E-state index in [-0.39, 0.29) is 11.8 Å². The van der Waals surface area contributed by atoms with Crippen LogP contribution in [0.1, 0.15) is 51.8 Å². The van der Waals surface area contributed by atoms with E-state index in [4.69, 9.17) is 0 Å². The minimum Gasteiger partial charge on any atom is -0.322 e. The van der Waals surface area contributed by atoms with Crippen LogP contribution in [-0.4, -0.2) is 29.3 Å². The molecule has 4 rings (SSSR count). The van der Waals surface area contributed by atoms with Crippen LogP contribution in [0.5, 0.6) is 0 Å². The van der Waals surface area contributed by atoms with Gasteiger partial charge in [-0.25, -0.2) is 0 Å². The Bertz CT molecular complexity index is 1010. The fraction of sp³-hybridized carbons (Fsp3) is 0.280. The van der Waals surface area contributed by atoms with Crippen LogP contribution in [-0.2, 0) is 6.54 Å². The molecule has 1 fully saturated rings. The van der Waals surface area contributed by atoms with Crippen molar-refractivity contribution in [3.63, 3.8) is 0 Å². The van der Waals surface area contributed by atoms with Crippen molar-refractivity contribution in [3.05, 3.63) is 82.0 Å². The second kappa shape index (κ2) is 9.90. The van der Waals surface area contributed by atoms with Crippen molar-refractivity contribution >= 4 is 34.5 Å². The molecule has 31 heavy (non-hydrogen) atoms. The molecule has 0 radical (unpaired) electrons. The summed E-state index contributed by atoms with van der Waals surface area (Å²) in [5, 5.41) is 7.65. The van der Waals surface area contributed by atoms with Gasteiger partial charge in [-0.1, -0.05) is 24.6 Å². The third-order valence-corrected chi connectivity index (χ3v) is 6.56. The van der Waals surface area contributed by atoms with Gasteiger partial charge in [0.25, 0.3) is 11.8 Å². The number of likely N-dealkylation sites (tertiary alicyclic amines) is 1. The Morgan fingerprint density at radius 1 is 0.935 bits per heavy atom. The Kier molecular flexibility index (Phi) is 6.79. The first-order valence-electron chi connectivity index (χ1n) is 10.7. The summed E-state index contributed by atoms with van der Waals surface area (Å²) in [7, 11) is 0. The van der Waals surface area contributed by atoms with Crippen molar-refractivity contribution in [3.8, 4) is 0 Å². The van der Waals surface area contributed by atoms with Gasteiger partial charge in [-0.3, -0.25) is 14.5 Å². The number of hydrogen-bond acceptors (Lipinski definition) is 4. The van der Waals surface area contributed by atoms with E-state index in [0.29, 0.717) is 22.2 Å². The number of piperidine rings is 1. The molecule has 5 nitrogen and oxygen atoms in total. The van der Waals surface area contributed by atoms with Crippen molar-refractivity contribution in [2.24, 2.45) is 0 Å². The molecule has 3 aromatic rings. The minimum absolute atomic E-state index is 0.147. The number of carbonyl (C=O) groups is 2. The Labute approximate surface area is 187 Å². The molecule has 0 aliphatic carbocycles. The molecule has 0 bridgehead atoms. The second-order valence-corrected chi connectivity index (χ2v) is 8.92. The summed E-state index contributed by atoms with van der Waals surface area (Å²) in [6.45, 7) is 4.41. The molecule has 1 unspecified atom stereocenters. The number of hydrogen-bond donors (Lipinski definition) is 2. The van der Waals surface area contributed by atoms with Crippen molar-refractivity contribution in [1.29, 1.82) is 0 Å². The lowest BCUT2D eigenvalue weighted by Gasteiger charge is -2.33. The standard InChI is InChI=1S/C25H27N3O2S/c1-18-5-2-3-15-28(18)17-19-7-11-21(12-8-19)26-24(29)20-9-13-22(14-10-20)27-25(30)23-6-4-16-31-23/h4,6-14,16,18H,2-3,5,15,17H2,1H3,(H,26,29)(H,27,30). The zero-order chi connectivity index (χ0) is 21.6. The van der Waals surface area contributed by atoms with Gasteiger partial charge in [0.05, 0.1) is 4.88 Å². The lowest BCUT2D eigenvalue weighted by atomic mass is 10.0. The van der Waals surface area contributed by atoms with E-state index in [2.05, 4.69) is 34.6 Å². The molecule has 1 aromatic heterocycles. The summed E-state index contributed by atoms with van der Waals surface area (Å²) in [5.74, 6) is -0.320. The van der Waals surface area contributed by atoms with Crippen molar-refractivity contribution in [2.45, 2.75) is 38.8 Å². The van der Waals surface area contributed by atoms with Crippen LogP contribution < -0.4 is 10.6 Å². The Morgan fingerprint density at radius 2 is 1.61 bits per heavy atom. The molecule has 1 saturated heterocycles. The predicted octanol–water partition coefficient (Wildman–Crippen LogP) is 5.63. The fourth-order valence-electron chi connectivity index (χ4n) is 3.83. The first-order chi connectivity index (χ1) is 15.1. The molecule has 0 spiro atoms. The van der Waals surface area contributed by atoms with Gasteiger partial charge in [0, 0.05) is 29.5 Å². The number of thiophene rings is 1. The number of carbonyl (C=O) groups excluding carboxylic acids is 2. The van der Waals surface area contributed by atoms with Gasteiger partial charge < -0.3 is 10.6 Å². The first kappa shape index (κ1) is 21.3. The fourth-order valence-corrected chi connectivity index (χ4v) is 4.45. The zero-order valence-corrected chi connectivity index (χ0v) is 18.5. The van der Waals surface area contributed by atoms with Crippen LogP contribution in [0.4, 0.5) is 11.4 Å². The molecule has 2 heterocycles. The highest BCUT2D eigenvalue weighted by atomic mass is 32.1. The monoisotopic (exact) mass is 433 g/mol. The van der Waals surface area contributed by atoms with Gasteiger partial charge in [0.2, 0.25) is 0 Å². The van der Waals surface area contributed by atoms with Crippen molar-refractivity contribution in [2.75, 3.05) is 17.2 Å². The summed E-state index contributed by atoms with van der Waals surface area (Å²) >= 11 is 1.39. The van der Waals surface area contributed by atoms with Gasteiger partial charge in [-0.2, -0.15) is 0 Å². The van der Waals surface area contributed by atoms with Gasteiger partial charge in [-0.05, 0) is 79.7 Å². The quantitative estimate of drug-likeness (QED) is 0.530. The first-order valence-corrected chi connectivity index (χ1v) is 11.6. The van der Waals surface area contributed by atoms with E-state index in [1.807, 2.05) is 23.6 Å². The van der Waals surface area contributed by atoms with Crippen LogP contribution >= 0.6 is 11.3 Å². The van der Waals surface area contributed by atoms with Crippen molar-refractivity contribution in [1.82, 2.24) is 4.90 Å². The molecule has 1 atom stereocenters. The summed E-state index contributed by atoms with van der Waals surface area (Å²) in [6, 6.07) is 19.2. The van der Waals surface area contributed by atoms with E-state index in [9.17, 15) is 9.59 Å². The smallest absolute Gasteiger partial charge is 0.265 e. The van der Waals surface area contributed by atoms with Gasteiger partial charge >= 0.3 is 0 Å². The molecule has 2 aromatic carbocycles. The van der Waals surface area contributed by atoms with Crippen LogP contribution in [0.25, 0.3) is 0 Å². The molecular formula is C25H27N3O2S. The molecule has 1 aliphatic heterocycles. The van der Waals surface area contributed by atoms with Crippen LogP contribution in [0, 0.1) is 0 Å². The number of anilines is 2. The Morgan fingerprint density at radius 3 is 2.26 bits per heavy atom. The normalized spacial score (nSPS) is 16.6. The van der Waals surface area contributed by atoms with E-state index in [0.717, 1.165) is 18.8 Å². The maximum Gasteiger partial charge on any atom is 0.265 e. The molecule has 2 N–H and O–H groups in total. The van der Waals surface area contributed by atoms with E-state index >= 15 is 0 Å². The molecule has 160 valence electrons. The van der Waals surface area contributed by atoms with Gasteiger partial charge in [-0.15, -0.1) is 11.3 Å². The highest BCUT2D eigenvalue weighted by Gasteiger charge is 2.18. The van der Waals surface area contributed by atoms with Crippen LogP contribution in [0.15, 0.2) is 66.0 Å². The van der Waals surface area contributed by atoms with Gasteiger partial charge in [0.1, 0.15) is 0 Å². The Hall–Kier alpha value is -2.96. The lowest BCUT2D eigenvalue weighted by molar-refractivity contribution is 0.102. The average Bonchev–Trinajstić information content (AvgIpc) is 3.32. The van der Waals surface area contributed by atoms with Crippen LogP contribution in [0.3, 0.4) is 0 Å². The summed E-state index contributed by atoms with van der Waals surface area (Å²) < 4.78 is 0. The third kappa shape index (κ3) is 5.60. The minimum atomic E-state index is -0.173. The van der Waals surface area contributed by atoms with E-state index in [1.165, 1.54) is 36.2 Å². The van der Waals surface area contributed by atoms with E-state index < -0.39 is 0 Å². The predicted molar refractivity (Wildman–Crippen MR) is 127 cm³/mol. The maximum absolute atomic E-state index is 12.6. The third-order valence-electron chi connectivity index (χ3n) is 5.69. The number of nitrogens with zero attached hydrogens (tertiary/aromatic N) is 1. The summed E-state index contributed by atoms with van der Waals surface area (Å²) in [4.78, 5) is 27.9. The zero-order valence-electron chi connectivity index (χ0n) is 17.6. The van der Waals surface area contributed by atoms with Gasteiger partial charge in [0.15, 0.2) is 0 Å². The largest absolute Gasteiger partial charge is 0.322 e. The number of rotatable bonds is 6. The maximum atomic E-state index is 12.6. The molecule has 0 saturated carbocycles. The number of benzene rings is 2. The van der Waals surface area contributed by atoms with E-state index in [1.54, 1.807) is 30.3 Å². The molecular weight excluding hydrogens is 406 g/mol. The SMILES string of the molecule is CC1CCCCN1Cc1ccc(NC(=O)c2ccc(NC(=O)c3cccs3)cc2)cc1. The Balaban J connectivity index is 1.32. The molecule has 2 amide bonds. The summed E-state index contributed by atoms with van der Waals surface area (Å²) in [6.07, 6.45) is 3.87. The number of amides is 2. The molecule has 1 aliphatic rings. The highest BCUT2D eigenvalue weighted by Crippen LogP contribution is 2.20. The van der Waals surface area contributed by atoms with Crippen molar-refractivity contribution < 1.29 is 9.59 Å². The second-order valence-electron chi connectivity index (χ2n) is 7.98. The topological polar surface area (TPSA) is 61.4 Å². The number of nitrogens with one attached hydrogen (secondary N) is 2. The highest BCUT2D eigenvalue weighted by molar-refractivity contribution is 7.12. The lowest BCUT2D eigenvalue weighted by Crippen LogP contribution is -2.36.